The van der Waals surface area contributed by atoms with E-state index in [1.807, 2.05) is 30.3 Å². The lowest BCUT2D eigenvalue weighted by atomic mass is 10.0. The van der Waals surface area contributed by atoms with Gasteiger partial charge in [-0.2, -0.15) is 5.10 Å². The van der Waals surface area contributed by atoms with Crippen molar-refractivity contribution in [1.29, 1.82) is 0 Å². The van der Waals surface area contributed by atoms with Gasteiger partial charge in [0.2, 0.25) is 0 Å². The van der Waals surface area contributed by atoms with Gasteiger partial charge in [0, 0.05) is 18.4 Å². The number of carbonyl (C=O) groups is 2. The van der Waals surface area contributed by atoms with Crippen LogP contribution in [0.4, 0.5) is 5.69 Å². The van der Waals surface area contributed by atoms with Crippen LogP contribution in [0.15, 0.2) is 42.6 Å². The third-order valence-electron chi connectivity index (χ3n) is 4.69. The smallest absolute Gasteiger partial charge is 0.272 e. The second-order valence-electron chi connectivity index (χ2n) is 6.54. The summed E-state index contributed by atoms with van der Waals surface area (Å²) in [7, 11) is 0. The number of carbonyl (C=O) groups excluding carboxylic acids is 2. The number of amides is 2. The number of nitrogens with one attached hydrogen (secondary N) is 1. The summed E-state index contributed by atoms with van der Waals surface area (Å²) in [6.07, 6.45) is 1.55. The number of aromatic amines is 1. The highest BCUT2D eigenvalue weighted by Gasteiger charge is 2.44. The Morgan fingerprint density at radius 2 is 2.04 bits per heavy atom. The molecule has 0 saturated carbocycles. The van der Waals surface area contributed by atoms with Gasteiger partial charge in [0.05, 0.1) is 26.3 Å². The van der Waals surface area contributed by atoms with E-state index in [9.17, 15) is 9.59 Å². The zero-order valence-corrected chi connectivity index (χ0v) is 14.3. The van der Waals surface area contributed by atoms with Gasteiger partial charge >= 0.3 is 0 Å². The minimum atomic E-state index is -0.754. The Morgan fingerprint density at radius 1 is 1.19 bits per heavy atom. The SMILES string of the molecule is O=C(c1ccn[nH]1)N1CCOC[C@]2(C1)CN(c1ccccc1)C(=O)CO2. The highest BCUT2D eigenvalue weighted by Crippen LogP contribution is 2.27. The monoisotopic (exact) mass is 356 g/mol. The molecule has 1 aromatic carbocycles. The van der Waals surface area contributed by atoms with Crippen LogP contribution in [0.25, 0.3) is 0 Å². The maximum Gasteiger partial charge on any atom is 0.272 e. The Labute approximate surface area is 150 Å². The number of H-pyrrole nitrogens is 1. The molecule has 2 aromatic rings. The van der Waals surface area contributed by atoms with Gasteiger partial charge in [0.15, 0.2) is 0 Å². The molecule has 2 aliphatic rings. The number of aromatic nitrogens is 2. The molecule has 136 valence electrons. The van der Waals surface area contributed by atoms with Crippen LogP contribution in [-0.2, 0) is 14.3 Å². The Hall–Kier alpha value is -2.71. The average molecular weight is 356 g/mol. The van der Waals surface area contributed by atoms with Gasteiger partial charge in [0.1, 0.15) is 17.9 Å². The second-order valence-corrected chi connectivity index (χ2v) is 6.54. The topological polar surface area (TPSA) is 87.8 Å². The number of para-hydroxylation sites is 1. The fourth-order valence-corrected chi connectivity index (χ4v) is 3.37. The molecule has 4 rings (SSSR count). The number of morpholine rings is 1. The van der Waals surface area contributed by atoms with Crippen molar-refractivity contribution in [3.05, 3.63) is 48.3 Å². The molecule has 26 heavy (non-hydrogen) atoms. The van der Waals surface area contributed by atoms with E-state index in [2.05, 4.69) is 10.2 Å². The number of ether oxygens (including phenoxy) is 2. The van der Waals surface area contributed by atoms with Crippen molar-refractivity contribution in [3.8, 4) is 0 Å². The number of benzene rings is 1. The maximum absolute atomic E-state index is 12.7. The van der Waals surface area contributed by atoms with E-state index in [0.717, 1.165) is 5.69 Å². The lowest BCUT2D eigenvalue weighted by Crippen LogP contribution is -2.61. The summed E-state index contributed by atoms with van der Waals surface area (Å²) >= 11 is 0. The molecule has 2 saturated heterocycles. The molecule has 0 radical (unpaired) electrons. The second kappa shape index (κ2) is 6.89. The Bertz CT molecular complexity index is 780. The fourth-order valence-electron chi connectivity index (χ4n) is 3.37. The molecule has 2 aliphatic heterocycles. The zero-order valence-electron chi connectivity index (χ0n) is 14.3. The first kappa shape index (κ1) is 16.7. The van der Waals surface area contributed by atoms with E-state index in [1.165, 1.54) is 0 Å². The van der Waals surface area contributed by atoms with Crippen LogP contribution < -0.4 is 4.90 Å². The van der Waals surface area contributed by atoms with E-state index in [-0.39, 0.29) is 18.4 Å². The molecule has 2 fully saturated rings. The first-order chi connectivity index (χ1) is 12.7. The maximum atomic E-state index is 12.7. The average Bonchev–Trinajstić information content (AvgIpc) is 3.13. The number of hydrogen-bond acceptors (Lipinski definition) is 5. The quantitative estimate of drug-likeness (QED) is 0.855. The van der Waals surface area contributed by atoms with E-state index in [1.54, 1.807) is 22.1 Å². The van der Waals surface area contributed by atoms with Gasteiger partial charge in [-0.15, -0.1) is 0 Å². The molecule has 0 bridgehead atoms. The molecule has 3 heterocycles. The van der Waals surface area contributed by atoms with Gasteiger partial charge in [0.25, 0.3) is 11.8 Å². The summed E-state index contributed by atoms with van der Waals surface area (Å²) in [6.45, 7) is 1.86. The van der Waals surface area contributed by atoms with Gasteiger partial charge in [-0.3, -0.25) is 14.7 Å². The predicted octanol–water partition coefficient (Wildman–Crippen LogP) is 0.684. The first-order valence-corrected chi connectivity index (χ1v) is 8.53. The van der Waals surface area contributed by atoms with Gasteiger partial charge in [-0.05, 0) is 18.2 Å². The molecular weight excluding hydrogens is 336 g/mol. The van der Waals surface area contributed by atoms with Crippen LogP contribution >= 0.6 is 0 Å². The third-order valence-corrected chi connectivity index (χ3v) is 4.69. The van der Waals surface area contributed by atoms with Crippen molar-refractivity contribution >= 4 is 17.5 Å². The van der Waals surface area contributed by atoms with Crippen molar-refractivity contribution in [2.75, 3.05) is 44.4 Å². The van der Waals surface area contributed by atoms with Crippen molar-refractivity contribution < 1.29 is 19.1 Å². The van der Waals surface area contributed by atoms with Crippen LogP contribution in [0.2, 0.25) is 0 Å². The third kappa shape index (κ3) is 3.21. The summed E-state index contributed by atoms with van der Waals surface area (Å²) in [5.74, 6) is -0.253. The molecule has 8 nitrogen and oxygen atoms in total. The van der Waals surface area contributed by atoms with E-state index in [0.29, 0.717) is 38.5 Å². The van der Waals surface area contributed by atoms with Gasteiger partial charge in [-0.1, -0.05) is 18.2 Å². The molecular formula is C18H20N4O4. The zero-order chi connectivity index (χ0) is 18.0. The summed E-state index contributed by atoms with van der Waals surface area (Å²) < 4.78 is 11.6. The van der Waals surface area contributed by atoms with Crippen molar-refractivity contribution in [1.82, 2.24) is 15.1 Å². The van der Waals surface area contributed by atoms with Gasteiger partial charge in [-0.25, -0.2) is 0 Å². The van der Waals surface area contributed by atoms with E-state index in [4.69, 9.17) is 9.47 Å². The van der Waals surface area contributed by atoms with Crippen LogP contribution in [0.5, 0.6) is 0 Å². The van der Waals surface area contributed by atoms with Crippen molar-refractivity contribution in [2.24, 2.45) is 0 Å². The Kier molecular flexibility index (Phi) is 4.44. The van der Waals surface area contributed by atoms with Crippen LogP contribution in [0.1, 0.15) is 10.5 Å². The summed E-state index contributed by atoms with van der Waals surface area (Å²) in [6, 6.07) is 11.1. The van der Waals surface area contributed by atoms with Crippen molar-refractivity contribution in [3.63, 3.8) is 0 Å². The van der Waals surface area contributed by atoms with Gasteiger partial charge < -0.3 is 19.3 Å². The summed E-state index contributed by atoms with van der Waals surface area (Å²) in [4.78, 5) is 28.5. The lowest BCUT2D eigenvalue weighted by molar-refractivity contribution is -0.145. The number of hydrogen-bond donors (Lipinski definition) is 1. The Morgan fingerprint density at radius 3 is 2.81 bits per heavy atom. The lowest BCUT2D eigenvalue weighted by Gasteiger charge is -2.42. The number of anilines is 1. The minimum absolute atomic E-state index is 0.0374. The molecule has 1 atom stereocenters. The van der Waals surface area contributed by atoms with Crippen molar-refractivity contribution in [2.45, 2.75) is 5.60 Å². The highest BCUT2D eigenvalue weighted by atomic mass is 16.6. The molecule has 1 spiro atoms. The predicted molar refractivity (Wildman–Crippen MR) is 92.8 cm³/mol. The molecule has 1 N–H and O–H groups in total. The van der Waals surface area contributed by atoms with Crippen LogP contribution in [0.3, 0.4) is 0 Å². The van der Waals surface area contributed by atoms with Crippen LogP contribution in [-0.4, -0.2) is 72.0 Å². The van der Waals surface area contributed by atoms with E-state index < -0.39 is 5.60 Å². The fraction of sp³-hybridized carbons (Fsp3) is 0.389. The molecule has 1 aromatic heterocycles. The molecule has 0 aliphatic carbocycles. The van der Waals surface area contributed by atoms with Crippen LogP contribution in [0, 0.1) is 0 Å². The molecule has 0 unspecified atom stereocenters. The molecule has 2 amide bonds. The standard InChI is InChI=1S/C18H20N4O4/c23-16-10-26-18(12-22(16)14-4-2-1-3-5-14)11-21(8-9-25-13-18)17(24)15-6-7-19-20-15/h1-7H,8-13H2,(H,19,20)/t18-/m0/s1. The summed E-state index contributed by atoms with van der Waals surface area (Å²) in [5, 5.41) is 6.54. The molecule has 8 heteroatoms. The largest absolute Gasteiger partial charge is 0.376 e. The first-order valence-electron chi connectivity index (χ1n) is 8.53. The minimum Gasteiger partial charge on any atom is -0.376 e. The summed E-state index contributed by atoms with van der Waals surface area (Å²) in [5.41, 5.74) is 0.486. The normalized spacial score (nSPS) is 23.9. The van der Waals surface area contributed by atoms with E-state index >= 15 is 0 Å². The Balaban J connectivity index is 1.57. The highest BCUT2D eigenvalue weighted by molar-refractivity contribution is 5.95. The number of rotatable bonds is 2. The number of nitrogens with zero attached hydrogens (tertiary/aromatic N) is 3.